The topological polar surface area (TPSA) is 47.3 Å². The zero-order valence-electron chi connectivity index (χ0n) is 12.1. The Labute approximate surface area is 120 Å². The minimum atomic E-state index is -0.246. The van der Waals surface area contributed by atoms with E-state index in [0.29, 0.717) is 6.61 Å². The van der Waals surface area contributed by atoms with Crippen molar-refractivity contribution in [2.24, 2.45) is 7.05 Å². The third-order valence-corrected chi connectivity index (χ3v) is 3.32. The van der Waals surface area contributed by atoms with Crippen LogP contribution in [0.15, 0.2) is 36.5 Å². The first-order valence-electron chi connectivity index (χ1n) is 7.02. The lowest BCUT2D eigenvalue weighted by Crippen LogP contribution is -2.06. The number of hydrogen-bond donors (Lipinski definition) is 1. The van der Waals surface area contributed by atoms with Gasteiger partial charge in [-0.2, -0.15) is 5.10 Å². The van der Waals surface area contributed by atoms with Crippen molar-refractivity contribution >= 4 is 0 Å². The lowest BCUT2D eigenvalue weighted by Gasteiger charge is -2.08. The van der Waals surface area contributed by atoms with Gasteiger partial charge in [-0.1, -0.05) is 12.1 Å². The highest BCUT2D eigenvalue weighted by Crippen LogP contribution is 2.14. The number of aliphatic hydroxyl groups is 1. The van der Waals surface area contributed by atoms with Gasteiger partial charge in [0.15, 0.2) is 0 Å². The predicted molar refractivity (Wildman–Crippen MR) is 78.9 cm³/mol. The number of aryl methyl sites for hydroxylation is 2. The van der Waals surface area contributed by atoms with Crippen molar-refractivity contribution in [1.29, 1.82) is 0 Å². The number of aliphatic hydroxyl groups excluding tert-OH is 1. The van der Waals surface area contributed by atoms with Gasteiger partial charge in [0.05, 0.1) is 12.7 Å². The van der Waals surface area contributed by atoms with Crippen molar-refractivity contribution in [2.45, 2.75) is 32.3 Å². The zero-order chi connectivity index (χ0) is 14.4. The zero-order valence-corrected chi connectivity index (χ0v) is 12.1. The van der Waals surface area contributed by atoms with Gasteiger partial charge in [-0.25, -0.2) is 0 Å². The van der Waals surface area contributed by atoms with E-state index in [1.165, 1.54) is 11.3 Å². The third-order valence-electron chi connectivity index (χ3n) is 3.32. The summed E-state index contributed by atoms with van der Waals surface area (Å²) in [6.07, 6.45) is 4.09. The van der Waals surface area contributed by atoms with Gasteiger partial charge in [0.25, 0.3) is 0 Å². The first-order chi connectivity index (χ1) is 9.65. The van der Waals surface area contributed by atoms with Crippen molar-refractivity contribution in [2.75, 3.05) is 6.61 Å². The molecule has 0 radical (unpaired) electrons. The number of benzene rings is 1. The van der Waals surface area contributed by atoms with E-state index in [1.54, 1.807) is 6.20 Å². The summed E-state index contributed by atoms with van der Waals surface area (Å²) in [6, 6.07) is 10.1. The highest BCUT2D eigenvalue weighted by molar-refractivity contribution is 5.27. The van der Waals surface area contributed by atoms with Gasteiger partial charge in [0.2, 0.25) is 0 Å². The molecule has 2 rings (SSSR count). The van der Waals surface area contributed by atoms with E-state index < -0.39 is 0 Å². The molecule has 1 unspecified atom stereocenters. The molecule has 2 aromatic rings. The Hall–Kier alpha value is -1.81. The lowest BCUT2D eigenvalue weighted by molar-refractivity contribution is 0.185. The third kappa shape index (κ3) is 4.38. The van der Waals surface area contributed by atoms with Crippen LogP contribution in [0.2, 0.25) is 0 Å². The van der Waals surface area contributed by atoms with Crippen LogP contribution in [0.4, 0.5) is 0 Å². The van der Waals surface area contributed by atoms with Gasteiger partial charge in [-0.15, -0.1) is 0 Å². The number of hydrogen-bond acceptors (Lipinski definition) is 3. The first-order valence-corrected chi connectivity index (χ1v) is 7.02. The van der Waals surface area contributed by atoms with Gasteiger partial charge >= 0.3 is 0 Å². The molecule has 0 amide bonds. The maximum Gasteiger partial charge on any atom is 0.119 e. The smallest absolute Gasteiger partial charge is 0.119 e. The normalized spacial score (nSPS) is 12.3. The van der Waals surface area contributed by atoms with Gasteiger partial charge in [0, 0.05) is 25.4 Å². The average molecular weight is 274 g/mol. The standard InChI is InChI=1S/C16H22N2O2/c1-13(19)3-4-14-5-7-16(8-6-14)20-12-10-15-9-11-17-18(15)2/h5-9,11,13,19H,3-4,10,12H2,1-2H3. The van der Waals surface area contributed by atoms with Crippen LogP contribution in [0, 0.1) is 0 Å². The summed E-state index contributed by atoms with van der Waals surface area (Å²) in [6.45, 7) is 2.46. The van der Waals surface area contributed by atoms with E-state index in [0.717, 1.165) is 25.0 Å². The molecule has 0 saturated carbocycles. The van der Waals surface area contributed by atoms with Gasteiger partial charge in [-0.05, 0) is 43.5 Å². The van der Waals surface area contributed by atoms with Crippen LogP contribution >= 0.6 is 0 Å². The fourth-order valence-corrected chi connectivity index (χ4v) is 2.05. The lowest BCUT2D eigenvalue weighted by atomic mass is 10.1. The van der Waals surface area contributed by atoms with Crippen LogP contribution in [0.25, 0.3) is 0 Å². The molecule has 4 heteroatoms. The molecule has 20 heavy (non-hydrogen) atoms. The molecule has 1 N–H and O–H groups in total. The average Bonchev–Trinajstić information content (AvgIpc) is 2.83. The molecule has 0 spiro atoms. The fourth-order valence-electron chi connectivity index (χ4n) is 2.05. The number of nitrogens with zero attached hydrogens (tertiary/aromatic N) is 2. The van der Waals surface area contributed by atoms with Crippen molar-refractivity contribution in [3.8, 4) is 5.75 Å². The second-order valence-electron chi connectivity index (χ2n) is 5.08. The monoisotopic (exact) mass is 274 g/mol. The van der Waals surface area contributed by atoms with Crippen LogP contribution in [-0.4, -0.2) is 27.6 Å². The first kappa shape index (κ1) is 14.6. The molecule has 108 valence electrons. The van der Waals surface area contributed by atoms with Crippen LogP contribution in [0.1, 0.15) is 24.6 Å². The summed E-state index contributed by atoms with van der Waals surface area (Å²) < 4.78 is 7.59. The minimum absolute atomic E-state index is 0.246. The summed E-state index contributed by atoms with van der Waals surface area (Å²) in [5.41, 5.74) is 2.39. The van der Waals surface area contributed by atoms with Crippen LogP contribution in [0.5, 0.6) is 5.75 Å². The molecule has 1 aromatic carbocycles. The second kappa shape index (κ2) is 7.10. The quantitative estimate of drug-likeness (QED) is 0.843. The van der Waals surface area contributed by atoms with E-state index in [1.807, 2.05) is 36.9 Å². The van der Waals surface area contributed by atoms with E-state index in [2.05, 4.69) is 17.2 Å². The summed E-state index contributed by atoms with van der Waals surface area (Å²) in [5, 5.41) is 13.4. The van der Waals surface area contributed by atoms with Gasteiger partial charge in [-0.3, -0.25) is 4.68 Å². The molecular weight excluding hydrogens is 252 g/mol. The Bertz CT molecular complexity index is 518. The van der Waals surface area contributed by atoms with E-state index in [9.17, 15) is 5.11 Å². The van der Waals surface area contributed by atoms with Gasteiger partial charge in [0.1, 0.15) is 5.75 Å². The van der Waals surface area contributed by atoms with E-state index in [4.69, 9.17) is 4.74 Å². The molecule has 1 aromatic heterocycles. The number of ether oxygens (including phenoxy) is 1. The Morgan fingerprint density at radius 1 is 1.20 bits per heavy atom. The molecule has 0 aliphatic carbocycles. The molecule has 4 nitrogen and oxygen atoms in total. The van der Waals surface area contributed by atoms with Crippen molar-refractivity contribution < 1.29 is 9.84 Å². The largest absolute Gasteiger partial charge is 0.493 e. The van der Waals surface area contributed by atoms with E-state index >= 15 is 0 Å². The summed E-state index contributed by atoms with van der Waals surface area (Å²) in [5.74, 6) is 0.882. The molecule has 0 bridgehead atoms. The Balaban J connectivity index is 1.77. The van der Waals surface area contributed by atoms with Crippen molar-refractivity contribution in [3.05, 3.63) is 47.8 Å². The van der Waals surface area contributed by atoms with Crippen molar-refractivity contribution in [3.63, 3.8) is 0 Å². The van der Waals surface area contributed by atoms with Crippen molar-refractivity contribution in [1.82, 2.24) is 9.78 Å². The maximum atomic E-state index is 9.27. The maximum absolute atomic E-state index is 9.27. The van der Waals surface area contributed by atoms with Crippen LogP contribution in [-0.2, 0) is 19.9 Å². The van der Waals surface area contributed by atoms with Crippen LogP contribution < -0.4 is 4.74 Å². The van der Waals surface area contributed by atoms with E-state index in [-0.39, 0.29) is 6.10 Å². The van der Waals surface area contributed by atoms with Gasteiger partial charge < -0.3 is 9.84 Å². The molecule has 0 saturated heterocycles. The number of aromatic nitrogens is 2. The predicted octanol–water partition coefficient (Wildman–Crippen LogP) is 2.36. The molecule has 0 aliphatic rings. The second-order valence-corrected chi connectivity index (χ2v) is 5.08. The molecule has 0 aliphatic heterocycles. The Morgan fingerprint density at radius 3 is 2.55 bits per heavy atom. The Kier molecular flexibility index (Phi) is 5.18. The highest BCUT2D eigenvalue weighted by Gasteiger charge is 2.01. The summed E-state index contributed by atoms with van der Waals surface area (Å²) in [4.78, 5) is 0. The summed E-state index contributed by atoms with van der Waals surface area (Å²) >= 11 is 0. The fraction of sp³-hybridized carbons (Fsp3) is 0.438. The molecule has 1 heterocycles. The molecule has 1 atom stereocenters. The highest BCUT2D eigenvalue weighted by atomic mass is 16.5. The molecule has 0 fully saturated rings. The number of rotatable bonds is 7. The molecular formula is C16H22N2O2. The Morgan fingerprint density at radius 2 is 1.95 bits per heavy atom. The minimum Gasteiger partial charge on any atom is -0.493 e. The summed E-state index contributed by atoms with van der Waals surface area (Å²) in [7, 11) is 1.94. The SMILES string of the molecule is CC(O)CCc1ccc(OCCc2ccnn2C)cc1. The van der Waals surface area contributed by atoms with Crippen LogP contribution in [0.3, 0.4) is 0 Å².